The standard InChI is InChI=1S/C11H22OSi/c1-3-5-6-7-8-10-11(12-13)9-4-2/h3-4,11H,1-2,5-10H2,13H3. The lowest BCUT2D eigenvalue weighted by molar-refractivity contribution is 0.208. The molecule has 0 fully saturated rings. The molecule has 0 saturated heterocycles. The van der Waals surface area contributed by atoms with Crippen molar-refractivity contribution in [1.29, 1.82) is 0 Å². The maximum atomic E-state index is 5.44. The molecule has 0 aliphatic rings. The van der Waals surface area contributed by atoms with Gasteiger partial charge < -0.3 is 4.43 Å². The van der Waals surface area contributed by atoms with Crippen LogP contribution in [0.3, 0.4) is 0 Å². The lowest BCUT2D eigenvalue weighted by Gasteiger charge is -2.12. The molecule has 2 heteroatoms. The summed E-state index contributed by atoms with van der Waals surface area (Å²) >= 11 is 0. The van der Waals surface area contributed by atoms with Gasteiger partial charge in [0.1, 0.15) is 10.5 Å². The molecule has 0 aliphatic heterocycles. The molecule has 0 amide bonds. The zero-order chi connectivity index (χ0) is 9.94. The van der Waals surface area contributed by atoms with E-state index in [-0.39, 0.29) is 0 Å². The third-order valence-corrected chi connectivity index (χ3v) is 2.86. The van der Waals surface area contributed by atoms with Gasteiger partial charge in [-0.3, -0.25) is 0 Å². The fraction of sp³-hybridized carbons (Fsp3) is 0.636. The van der Waals surface area contributed by atoms with Crippen LogP contribution in [0.5, 0.6) is 0 Å². The van der Waals surface area contributed by atoms with Crippen LogP contribution in [0.25, 0.3) is 0 Å². The molecule has 0 bridgehead atoms. The summed E-state index contributed by atoms with van der Waals surface area (Å²) in [6.45, 7) is 7.43. The second-order valence-corrected chi connectivity index (χ2v) is 3.78. The molecule has 0 rings (SSSR count). The van der Waals surface area contributed by atoms with Crippen molar-refractivity contribution in [3.63, 3.8) is 0 Å². The fourth-order valence-corrected chi connectivity index (χ4v) is 1.78. The van der Waals surface area contributed by atoms with E-state index in [4.69, 9.17) is 4.43 Å². The first-order chi connectivity index (χ1) is 6.35. The molecule has 0 aromatic heterocycles. The minimum atomic E-state index is 0.438. The smallest absolute Gasteiger partial charge is 0.146 e. The number of rotatable bonds is 9. The Morgan fingerprint density at radius 3 is 2.46 bits per heavy atom. The molecule has 1 atom stereocenters. The summed E-state index contributed by atoms with van der Waals surface area (Å²) in [6.07, 6.45) is 11.6. The van der Waals surface area contributed by atoms with Crippen LogP contribution < -0.4 is 0 Å². The molecule has 0 aliphatic carbocycles. The van der Waals surface area contributed by atoms with Crippen molar-refractivity contribution < 1.29 is 4.43 Å². The summed E-state index contributed by atoms with van der Waals surface area (Å²) in [4.78, 5) is 0. The lowest BCUT2D eigenvalue weighted by atomic mass is 10.1. The third kappa shape index (κ3) is 8.00. The Bertz CT molecular complexity index is 134. The molecule has 1 unspecified atom stereocenters. The predicted molar refractivity (Wildman–Crippen MR) is 62.9 cm³/mol. The molecule has 1 nitrogen and oxygen atoms in total. The number of allylic oxidation sites excluding steroid dienone is 1. The highest BCUT2D eigenvalue weighted by Crippen LogP contribution is 2.10. The summed E-state index contributed by atoms with van der Waals surface area (Å²) in [5.74, 6) is 0. The molecule has 13 heavy (non-hydrogen) atoms. The van der Waals surface area contributed by atoms with Crippen molar-refractivity contribution in [3.05, 3.63) is 25.3 Å². The normalized spacial score (nSPS) is 12.6. The molecule has 76 valence electrons. The van der Waals surface area contributed by atoms with Crippen LogP contribution in [0.15, 0.2) is 25.3 Å². The van der Waals surface area contributed by atoms with Gasteiger partial charge in [0.15, 0.2) is 0 Å². The Hall–Kier alpha value is -0.343. The van der Waals surface area contributed by atoms with Gasteiger partial charge in [0.2, 0.25) is 0 Å². The Morgan fingerprint density at radius 1 is 1.15 bits per heavy atom. The second kappa shape index (κ2) is 9.74. The van der Waals surface area contributed by atoms with Crippen molar-refractivity contribution in [3.8, 4) is 0 Å². The minimum absolute atomic E-state index is 0.438. The van der Waals surface area contributed by atoms with E-state index in [1.165, 1.54) is 25.7 Å². The first kappa shape index (κ1) is 12.7. The van der Waals surface area contributed by atoms with Crippen molar-refractivity contribution in [2.24, 2.45) is 0 Å². The van der Waals surface area contributed by atoms with Crippen LogP contribution in [0, 0.1) is 0 Å². The lowest BCUT2D eigenvalue weighted by Crippen LogP contribution is -2.09. The van der Waals surface area contributed by atoms with E-state index in [0.717, 1.165) is 23.3 Å². The Kier molecular flexibility index (Phi) is 9.49. The summed E-state index contributed by atoms with van der Waals surface area (Å²) in [6, 6.07) is 0. The summed E-state index contributed by atoms with van der Waals surface area (Å²) < 4.78 is 5.44. The van der Waals surface area contributed by atoms with Gasteiger partial charge >= 0.3 is 0 Å². The van der Waals surface area contributed by atoms with Gasteiger partial charge in [0.05, 0.1) is 0 Å². The maximum absolute atomic E-state index is 5.44. The third-order valence-electron chi connectivity index (χ3n) is 2.20. The average Bonchev–Trinajstić information content (AvgIpc) is 2.16. The molecule has 0 N–H and O–H groups in total. The monoisotopic (exact) mass is 198 g/mol. The molecular weight excluding hydrogens is 176 g/mol. The van der Waals surface area contributed by atoms with E-state index in [9.17, 15) is 0 Å². The molecule has 0 saturated carbocycles. The molecule has 0 aromatic carbocycles. The van der Waals surface area contributed by atoms with Gasteiger partial charge in [0, 0.05) is 6.10 Å². The first-order valence-electron chi connectivity index (χ1n) is 5.09. The highest BCUT2D eigenvalue weighted by molar-refractivity contribution is 5.98. The van der Waals surface area contributed by atoms with E-state index in [0.29, 0.717) is 6.10 Å². The van der Waals surface area contributed by atoms with Gasteiger partial charge in [-0.25, -0.2) is 0 Å². The average molecular weight is 198 g/mol. The van der Waals surface area contributed by atoms with Crippen LogP contribution in [0.2, 0.25) is 0 Å². The molecule has 0 aromatic rings. The van der Waals surface area contributed by atoms with Crippen molar-refractivity contribution in [2.75, 3.05) is 0 Å². The highest BCUT2D eigenvalue weighted by Gasteiger charge is 2.02. The van der Waals surface area contributed by atoms with Crippen LogP contribution in [0.4, 0.5) is 0 Å². The van der Waals surface area contributed by atoms with Gasteiger partial charge in [-0.15, -0.1) is 13.2 Å². The van der Waals surface area contributed by atoms with Crippen LogP contribution in [0.1, 0.15) is 38.5 Å². The summed E-state index contributed by atoms with van der Waals surface area (Å²) in [7, 11) is 0.842. The topological polar surface area (TPSA) is 9.23 Å². The summed E-state index contributed by atoms with van der Waals surface area (Å²) in [5.41, 5.74) is 0. The van der Waals surface area contributed by atoms with Gasteiger partial charge in [-0.05, 0) is 25.7 Å². The quantitative estimate of drug-likeness (QED) is 0.314. The van der Waals surface area contributed by atoms with E-state index < -0.39 is 0 Å². The maximum Gasteiger partial charge on any atom is 0.146 e. The number of unbranched alkanes of at least 4 members (excludes halogenated alkanes) is 3. The van der Waals surface area contributed by atoms with E-state index in [2.05, 4.69) is 13.2 Å². The van der Waals surface area contributed by atoms with E-state index >= 15 is 0 Å². The van der Waals surface area contributed by atoms with Gasteiger partial charge in [-0.2, -0.15) is 0 Å². The van der Waals surface area contributed by atoms with Crippen LogP contribution in [-0.4, -0.2) is 16.6 Å². The molecular formula is C11H22OSi. The van der Waals surface area contributed by atoms with E-state index in [1.54, 1.807) is 0 Å². The van der Waals surface area contributed by atoms with Crippen molar-refractivity contribution in [2.45, 2.75) is 44.6 Å². The fourth-order valence-electron chi connectivity index (χ4n) is 1.36. The predicted octanol–water partition coefficient (Wildman–Crippen LogP) is 2.36. The Morgan fingerprint density at radius 2 is 1.92 bits per heavy atom. The largest absolute Gasteiger partial charge is 0.425 e. The molecule has 0 heterocycles. The minimum Gasteiger partial charge on any atom is -0.425 e. The van der Waals surface area contributed by atoms with Crippen LogP contribution >= 0.6 is 0 Å². The van der Waals surface area contributed by atoms with Crippen LogP contribution in [-0.2, 0) is 4.43 Å². The van der Waals surface area contributed by atoms with Gasteiger partial charge in [0.25, 0.3) is 0 Å². The van der Waals surface area contributed by atoms with Crippen molar-refractivity contribution >= 4 is 10.5 Å². The van der Waals surface area contributed by atoms with E-state index in [1.807, 2.05) is 12.2 Å². The molecule has 0 radical (unpaired) electrons. The molecule has 0 spiro atoms. The first-order valence-corrected chi connectivity index (χ1v) is 5.91. The number of hydrogen-bond acceptors (Lipinski definition) is 1. The van der Waals surface area contributed by atoms with Crippen molar-refractivity contribution in [1.82, 2.24) is 0 Å². The SMILES string of the molecule is C=CCCCCCC(CC=C)O[SiH3]. The second-order valence-electron chi connectivity index (χ2n) is 3.31. The Labute approximate surface area is 85.4 Å². The Balaban J connectivity index is 3.26. The highest BCUT2D eigenvalue weighted by atomic mass is 28.2. The number of hydrogen-bond donors (Lipinski definition) is 0. The van der Waals surface area contributed by atoms with Gasteiger partial charge in [-0.1, -0.05) is 25.0 Å². The zero-order valence-corrected chi connectivity index (χ0v) is 10.8. The summed E-state index contributed by atoms with van der Waals surface area (Å²) in [5, 5.41) is 0. The zero-order valence-electron chi connectivity index (χ0n) is 8.80.